The zero-order valence-electron chi connectivity index (χ0n) is 8.97. The van der Waals surface area contributed by atoms with Gasteiger partial charge in [0.1, 0.15) is 5.69 Å². The Kier molecular flexibility index (Phi) is 2.65. The summed E-state index contributed by atoms with van der Waals surface area (Å²) in [7, 11) is 0. The number of halogens is 1. The van der Waals surface area contributed by atoms with Gasteiger partial charge in [0.15, 0.2) is 6.17 Å². The van der Waals surface area contributed by atoms with Gasteiger partial charge in [-0.3, -0.25) is 0 Å². The lowest BCUT2D eigenvalue weighted by Gasteiger charge is -2.20. The molecular weight excluding hydrogens is 278 g/mol. The third-order valence-corrected chi connectivity index (χ3v) is 3.14. The smallest absolute Gasteiger partial charge is 0.166 e. The van der Waals surface area contributed by atoms with Crippen LogP contribution >= 0.6 is 15.9 Å². The van der Waals surface area contributed by atoms with Crippen molar-refractivity contribution in [3.63, 3.8) is 0 Å². The summed E-state index contributed by atoms with van der Waals surface area (Å²) in [5.41, 5.74) is 2.99. The Morgan fingerprint density at radius 2 is 1.88 bits per heavy atom. The molecule has 0 saturated carbocycles. The van der Waals surface area contributed by atoms with E-state index in [-0.39, 0.29) is 6.17 Å². The zero-order valence-corrected chi connectivity index (χ0v) is 10.6. The molecule has 0 aromatic heterocycles. The van der Waals surface area contributed by atoms with E-state index in [1.165, 1.54) is 0 Å². The Balaban J connectivity index is 1.95. The molecule has 3 rings (SSSR count). The molecule has 0 fully saturated rings. The molecule has 0 bridgehead atoms. The first kappa shape index (κ1) is 10.5. The molecule has 0 saturated heterocycles. The summed E-state index contributed by atoms with van der Waals surface area (Å²) in [6, 6.07) is 16.0. The number of nitrogens with zero attached hydrogens (tertiary/aromatic N) is 2. The molecule has 17 heavy (non-hydrogen) atoms. The van der Waals surface area contributed by atoms with Crippen LogP contribution in [0.25, 0.3) is 0 Å². The average Bonchev–Trinajstić information content (AvgIpc) is 2.39. The summed E-state index contributed by atoms with van der Waals surface area (Å²) in [4.78, 5) is 0. The molecule has 2 aromatic carbocycles. The van der Waals surface area contributed by atoms with Gasteiger partial charge in [0.2, 0.25) is 0 Å². The molecule has 1 atom stereocenters. The van der Waals surface area contributed by atoms with Gasteiger partial charge in [0.05, 0.1) is 5.69 Å². The van der Waals surface area contributed by atoms with E-state index >= 15 is 0 Å². The average molecular weight is 288 g/mol. The standard InChI is InChI=1S/C13H10BrN3/c14-10-6-7-11-12(8-10)15-13(17-16-11)9-4-2-1-3-5-9/h1-8,13,15H. The van der Waals surface area contributed by atoms with Gasteiger partial charge in [-0.1, -0.05) is 46.3 Å². The van der Waals surface area contributed by atoms with E-state index in [1.807, 2.05) is 48.5 Å². The lowest BCUT2D eigenvalue weighted by atomic mass is 10.1. The number of fused-ring (bicyclic) bond motifs is 1. The predicted octanol–water partition coefficient (Wildman–Crippen LogP) is 4.66. The van der Waals surface area contributed by atoms with Crippen LogP contribution in [0.4, 0.5) is 11.4 Å². The topological polar surface area (TPSA) is 36.8 Å². The minimum absolute atomic E-state index is 0.0991. The number of benzene rings is 2. The number of hydrogen-bond donors (Lipinski definition) is 1. The number of anilines is 1. The van der Waals surface area contributed by atoms with Crippen molar-refractivity contribution in [1.29, 1.82) is 0 Å². The monoisotopic (exact) mass is 287 g/mol. The van der Waals surface area contributed by atoms with Gasteiger partial charge in [0, 0.05) is 4.47 Å². The minimum atomic E-state index is -0.0991. The molecular formula is C13H10BrN3. The van der Waals surface area contributed by atoms with Gasteiger partial charge in [-0.05, 0) is 23.8 Å². The second-order valence-electron chi connectivity index (χ2n) is 3.83. The summed E-state index contributed by atoms with van der Waals surface area (Å²) in [6.45, 7) is 0. The van der Waals surface area contributed by atoms with Crippen molar-refractivity contribution >= 4 is 27.3 Å². The van der Waals surface area contributed by atoms with E-state index in [0.717, 1.165) is 21.4 Å². The highest BCUT2D eigenvalue weighted by Gasteiger charge is 2.16. The van der Waals surface area contributed by atoms with Crippen molar-refractivity contribution in [2.75, 3.05) is 5.32 Å². The van der Waals surface area contributed by atoms with Crippen molar-refractivity contribution in [3.05, 3.63) is 58.6 Å². The first-order valence-corrected chi connectivity index (χ1v) is 6.14. The molecule has 3 nitrogen and oxygen atoms in total. The van der Waals surface area contributed by atoms with Gasteiger partial charge >= 0.3 is 0 Å². The summed E-state index contributed by atoms with van der Waals surface area (Å²) in [5.74, 6) is 0. The third-order valence-electron chi connectivity index (χ3n) is 2.65. The van der Waals surface area contributed by atoms with Crippen LogP contribution in [-0.4, -0.2) is 0 Å². The molecule has 84 valence electrons. The van der Waals surface area contributed by atoms with Crippen molar-refractivity contribution in [2.24, 2.45) is 10.2 Å². The van der Waals surface area contributed by atoms with E-state index in [2.05, 4.69) is 31.5 Å². The molecule has 1 N–H and O–H groups in total. The van der Waals surface area contributed by atoms with Gasteiger partial charge in [-0.2, -0.15) is 10.2 Å². The summed E-state index contributed by atoms with van der Waals surface area (Å²) < 4.78 is 1.03. The maximum atomic E-state index is 4.27. The summed E-state index contributed by atoms with van der Waals surface area (Å²) in [6.07, 6.45) is -0.0991. The first-order valence-electron chi connectivity index (χ1n) is 5.35. The Hall–Kier alpha value is -1.68. The van der Waals surface area contributed by atoms with Crippen LogP contribution in [0.5, 0.6) is 0 Å². The van der Waals surface area contributed by atoms with E-state index in [1.54, 1.807) is 0 Å². The minimum Gasteiger partial charge on any atom is -0.357 e. The largest absolute Gasteiger partial charge is 0.357 e. The van der Waals surface area contributed by atoms with Crippen LogP contribution < -0.4 is 5.32 Å². The Morgan fingerprint density at radius 1 is 1.06 bits per heavy atom. The number of nitrogens with one attached hydrogen (secondary N) is 1. The van der Waals surface area contributed by atoms with Crippen molar-refractivity contribution in [3.8, 4) is 0 Å². The quantitative estimate of drug-likeness (QED) is 0.814. The summed E-state index contributed by atoms with van der Waals surface area (Å²) in [5, 5.41) is 11.9. The fourth-order valence-electron chi connectivity index (χ4n) is 1.79. The Labute approximate surface area is 108 Å². The fraction of sp³-hybridized carbons (Fsp3) is 0.0769. The second kappa shape index (κ2) is 4.30. The molecule has 4 heteroatoms. The van der Waals surface area contributed by atoms with Gasteiger partial charge < -0.3 is 5.32 Å². The molecule has 0 spiro atoms. The van der Waals surface area contributed by atoms with Crippen molar-refractivity contribution in [1.82, 2.24) is 0 Å². The molecule has 1 aliphatic heterocycles. The number of rotatable bonds is 1. The second-order valence-corrected chi connectivity index (χ2v) is 4.75. The van der Waals surface area contributed by atoms with Gasteiger partial charge in [-0.25, -0.2) is 0 Å². The molecule has 2 aromatic rings. The maximum Gasteiger partial charge on any atom is 0.166 e. The normalized spacial score (nSPS) is 17.4. The van der Waals surface area contributed by atoms with E-state index in [9.17, 15) is 0 Å². The fourth-order valence-corrected chi connectivity index (χ4v) is 2.15. The van der Waals surface area contributed by atoms with Crippen molar-refractivity contribution in [2.45, 2.75) is 6.17 Å². The first-order chi connectivity index (χ1) is 8.33. The lowest BCUT2D eigenvalue weighted by Crippen LogP contribution is -2.10. The highest BCUT2D eigenvalue weighted by Crippen LogP contribution is 2.36. The molecule has 1 unspecified atom stereocenters. The SMILES string of the molecule is Brc1ccc2c(c1)NC(c1ccccc1)N=N2. The molecule has 0 radical (unpaired) electrons. The van der Waals surface area contributed by atoms with E-state index < -0.39 is 0 Å². The van der Waals surface area contributed by atoms with E-state index in [4.69, 9.17) is 0 Å². The summed E-state index contributed by atoms with van der Waals surface area (Å²) >= 11 is 3.45. The zero-order chi connectivity index (χ0) is 11.7. The number of azo groups is 1. The molecule has 0 amide bonds. The predicted molar refractivity (Wildman–Crippen MR) is 71.5 cm³/mol. The van der Waals surface area contributed by atoms with E-state index in [0.29, 0.717) is 0 Å². The molecule has 0 aliphatic carbocycles. The molecule has 1 aliphatic rings. The van der Waals surface area contributed by atoms with Crippen molar-refractivity contribution < 1.29 is 0 Å². The maximum absolute atomic E-state index is 4.27. The number of hydrogen-bond acceptors (Lipinski definition) is 3. The highest BCUT2D eigenvalue weighted by molar-refractivity contribution is 9.10. The van der Waals surface area contributed by atoms with Crippen LogP contribution in [0.1, 0.15) is 11.7 Å². The van der Waals surface area contributed by atoms with Gasteiger partial charge in [-0.15, -0.1) is 0 Å². The third kappa shape index (κ3) is 2.08. The van der Waals surface area contributed by atoms with Gasteiger partial charge in [0.25, 0.3) is 0 Å². The Bertz CT molecular complexity index is 566. The van der Waals surface area contributed by atoms with Crippen LogP contribution in [-0.2, 0) is 0 Å². The lowest BCUT2D eigenvalue weighted by molar-refractivity contribution is 0.762. The highest BCUT2D eigenvalue weighted by atomic mass is 79.9. The van der Waals surface area contributed by atoms with Crippen LogP contribution in [0.2, 0.25) is 0 Å². The Morgan fingerprint density at radius 3 is 2.71 bits per heavy atom. The van der Waals surface area contributed by atoms with Crippen LogP contribution in [0.3, 0.4) is 0 Å². The molecule has 1 heterocycles. The van der Waals surface area contributed by atoms with Crippen LogP contribution in [0, 0.1) is 0 Å². The van der Waals surface area contributed by atoms with Crippen LogP contribution in [0.15, 0.2) is 63.2 Å².